The maximum absolute atomic E-state index is 12.0. The molecule has 2 bridgehead atoms. The molecule has 2 aliphatic heterocycles. The summed E-state index contributed by atoms with van der Waals surface area (Å²) in [6, 6.07) is 8.59. The normalized spacial score (nSPS) is 29.2. The Morgan fingerprint density at radius 3 is 2.40 bits per heavy atom. The van der Waals surface area contributed by atoms with Crippen LogP contribution in [0, 0.1) is 0 Å². The van der Waals surface area contributed by atoms with Crippen LogP contribution in [0.4, 0.5) is 10.5 Å². The van der Waals surface area contributed by atoms with E-state index in [1.807, 2.05) is 0 Å². The molecule has 108 valence electrons. The number of halogens is 1. The molecule has 2 aliphatic rings. The van der Waals surface area contributed by atoms with E-state index < -0.39 is 0 Å². The number of rotatable bonds is 2. The lowest BCUT2D eigenvalue weighted by Crippen LogP contribution is -2.49. The molecule has 2 saturated heterocycles. The predicted molar refractivity (Wildman–Crippen MR) is 81.2 cm³/mol. The minimum atomic E-state index is -0.124. The third-order valence-corrected chi connectivity index (χ3v) is 4.79. The molecule has 1 aromatic carbocycles. The van der Waals surface area contributed by atoms with Gasteiger partial charge in [-0.05, 0) is 57.0 Å². The molecule has 0 unspecified atom stereocenters. The molecule has 0 aromatic heterocycles. The molecule has 0 aliphatic carbocycles. The number of urea groups is 1. The van der Waals surface area contributed by atoms with Crippen LogP contribution in [0.25, 0.3) is 0 Å². The van der Waals surface area contributed by atoms with Crippen molar-refractivity contribution in [3.05, 3.63) is 29.3 Å². The Kier molecular flexibility index (Phi) is 3.85. The maximum Gasteiger partial charge on any atom is 0.319 e. The number of anilines is 1. The summed E-state index contributed by atoms with van der Waals surface area (Å²) >= 11 is 5.82. The number of carbonyl (C=O) groups excluding carboxylic acids is 1. The number of nitrogens with one attached hydrogen (secondary N) is 2. The fourth-order valence-electron chi connectivity index (χ4n) is 3.42. The van der Waals surface area contributed by atoms with Crippen LogP contribution < -0.4 is 10.6 Å². The van der Waals surface area contributed by atoms with E-state index in [0.717, 1.165) is 18.5 Å². The van der Waals surface area contributed by atoms with Crippen LogP contribution in [0.15, 0.2) is 24.3 Å². The van der Waals surface area contributed by atoms with Gasteiger partial charge in [-0.3, -0.25) is 0 Å². The highest BCUT2D eigenvalue weighted by molar-refractivity contribution is 6.30. The largest absolute Gasteiger partial charge is 0.335 e. The number of benzene rings is 1. The maximum atomic E-state index is 12.0. The number of fused-ring (bicyclic) bond motifs is 2. The molecule has 0 radical (unpaired) electrons. The summed E-state index contributed by atoms with van der Waals surface area (Å²) in [7, 11) is 2.20. The predicted octanol–water partition coefficient (Wildman–Crippen LogP) is 3.09. The summed E-state index contributed by atoms with van der Waals surface area (Å²) < 4.78 is 0. The highest BCUT2D eigenvalue weighted by atomic mass is 35.5. The van der Waals surface area contributed by atoms with Crippen LogP contribution >= 0.6 is 11.6 Å². The Balaban J connectivity index is 1.53. The van der Waals surface area contributed by atoms with E-state index in [2.05, 4.69) is 22.6 Å². The number of hydrogen-bond donors (Lipinski definition) is 2. The zero-order valence-electron chi connectivity index (χ0n) is 11.6. The average Bonchev–Trinajstić information content (AvgIpc) is 2.64. The quantitative estimate of drug-likeness (QED) is 0.880. The van der Waals surface area contributed by atoms with Crippen LogP contribution in [0.2, 0.25) is 5.02 Å². The van der Waals surface area contributed by atoms with Crippen molar-refractivity contribution in [3.63, 3.8) is 0 Å². The van der Waals surface area contributed by atoms with Gasteiger partial charge in [0.05, 0.1) is 0 Å². The van der Waals surface area contributed by atoms with Crippen LogP contribution in [0.3, 0.4) is 0 Å². The first-order valence-electron chi connectivity index (χ1n) is 7.17. The van der Waals surface area contributed by atoms with Crippen molar-refractivity contribution in [3.8, 4) is 0 Å². The van der Waals surface area contributed by atoms with Crippen molar-refractivity contribution in [2.45, 2.75) is 43.8 Å². The van der Waals surface area contributed by atoms with Gasteiger partial charge < -0.3 is 15.5 Å². The summed E-state index contributed by atoms with van der Waals surface area (Å²) in [6.45, 7) is 0. The Labute approximate surface area is 124 Å². The van der Waals surface area contributed by atoms with Crippen LogP contribution in [-0.4, -0.2) is 36.1 Å². The third kappa shape index (κ3) is 2.91. The van der Waals surface area contributed by atoms with Gasteiger partial charge in [-0.1, -0.05) is 11.6 Å². The van der Waals surface area contributed by atoms with Crippen molar-refractivity contribution < 1.29 is 4.79 Å². The number of nitrogens with zero attached hydrogens (tertiary/aromatic N) is 1. The second-order valence-electron chi connectivity index (χ2n) is 5.82. The van der Waals surface area contributed by atoms with Gasteiger partial charge in [0, 0.05) is 28.8 Å². The lowest BCUT2D eigenvalue weighted by molar-refractivity contribution is 0.151. The standard InChI is InChI=1S/C15H20ClN3O/c1-19-13-6-7-14(19)9-12(8-13)18-15(20)17-11-4-2-10(16)3-5-11/h2-5,12-14H,6-9H2,1H3,(H2,17,18,20)/t13-,14-/m0/s1. The molecule has 4 nitrogen and oxygen atoms in total. The second kappa shape index (κ2) is 5.62. The zero-order valence-corrected chi connectivity index (χ0v) is 12.4. The molecule has 0 spiro atoms. The SMILES string of the molecule is CN1[C@H]2CC[C@H]1CC(NC(=O)Nc1ccc(Cl)cc1)C2. The molecule has 2 atom stereocenters. The lowest BCUT2D eigenvalue weighted by atomic mass is 9.98. The van der Waals surface area contributed by atoms with E-state index in [-0.39, 0.29) is 12.1 Å². The summed E-state index contributed by atoms with van der Waals surface area (Å²) in [5, 5.41) is 6.62. The molecule has 3 rings (SSSR count). The molecule has 2 heterocycles. The summed E-state index contributed by atoms with van der Waals surface area (Å²) in [4.78, 5) is 14.5. The van der Waals surface area contributed by atoms with Crippen molar-refractivity contribution in [2.24, 2.45) is 0 Å². The summed E-state index contributed by atoms with van der Waals surface area (Å²) in [5.74, 6) is 0. The van der Waals surface area contributed by atoms with Gasteiger partial charge in [-0.25, -0.2) is 4.79 Å². The molecule has 1 aromatic rings. The lowest BCUT2D eigenvalue weighted by Gasteiger charge is -2.36. The van der Waals surface area contributed by atoms with E-state index in [0.29, 0.717) is 17.1 Å². The summed E-state index contributed by atoms with van der Waals surface area (Å²) in [6.07, 6.45) is 4.64. The monoisotopic (exact) mass is 293 g/mol. The number of carbonyl (C=O) groups is 1. The van der Waals surface area contributed by atoms with E-state index >= 15 is 0 Å². The van der Waals surface area contributed by atoms with Gasteiger partial charge in [-0.2, -0.15) is 0 Å². The number of piperidine rings is 1. The molecule has 5 heteroatoms. The van der Waals surface area contributed by atoms with Gasteiger partial charge in [0.2, 0.25) is 0 Å². The number of amides is 2. The van der Waals surface area contributed by atoms with Crippen LogP contribution in [-0.2, 0) is 0 Å². The zero-order chi connectivity index (χ0) is 14.1. The van der Waals surface area contributed by atoms with Crippen LogP contribution in [0.5, 0.6) is 0 Å². The van der Waals surface area contributed by atoms with Gasteiger partial charge in [0.25, 0.3) is 0 Å². The molecular weight excluding hydrogens is 274 g/mol. The van der Waals surface area contributed by atoms with Crippen molar-refractivity contribution in [1.82, 2.24) is 10.2 Å². The van der Waals surface area contributed by atoms with Gasteiger partial charge in [0.15, 0.2) is 0 Å². The fraction of sp³-hybridized carbons (Fsp3) is 0.533. The Hall–Kier alpha value is -1.26. The van der Waals surface area contributed by atoms with Crippen LogP contribution in [0.1, 0.15) is 25.7 Å². The topological polar surface area (TPSA) is 44.4 Å². The average molecular weight is 294 g/mol. The smallest absolute Gasteiger partial charge is 0.319 e. The highest BCUT2D eigenvalue weighted by Gasteiger charge is 2.38. The van der Waals surface area contributed by atoms with E-state index in [1.54, 1.807) is 24.3 Å². The Morgan fingerprint density at radius 1 is 1.20 bits per heavy atom. The highest BCUT2D eigenvalue weighted by Crippen LogP contribution is 2.34. The molecule has 2 fully saturated rings. The van der Waals surface area contributed by atoms with Crippen molar-refractivity contribution >= 4 is 23.3 Å². The minimum Gasteiger partial charge on any atom is -0.335 e. The first-order valence-corrected chi connectivity index (χ1v) is 7.54. The van der Waals surface area contributed by atoms with Crippen molar-refractivity contribution in [1.29, 1.82) is 0 Å². The number of hydrogen-bond acceptors (Lipinski definition) is 2. The molecular formula is C15H20ClN3O. The second-order valence-corrected chi connectivity index (χ2v) is 6.26. The Morgan fingerprint density at radius 2 is 1.80 bits per heavy atom. The Bertz CT molecular complexity index is 476. The van der Waals surface area contributed by atoms with Gasteiger partial charge in [0.1, 0.15) is 0 Å². The third-order valence-electron chi connectivity index (χ3n) is 4.54. The van der Waals surface area contributed by atoms with E-state index in [1.165, 1.54) is 12.8 Å². The van der Waals surface area contributed by atoms with Gasteiger partial charge in [-0.15, -0.1) is 0 Å². The van der Waals surface area contributed by atoms with E-state index in [9.17, 15) is 4.79 Å². The molecule has 2 N–H and O–H groups in total. The molecule has 2 amide bonds. The van der Waals surface area contributed by atoms with E-state index in [4.69, 9.17) is 11.6 Å². The molecule has 20 heavy (non-hydrogen) atoms. The summed E-state index contributed by atoms with van der Waals surface area (Å²) in [5.41, 5.74) is 0.766. The fourth-order valence-corrected chi connectivity index (χ4v) is 3.54. The first-order chi connectivity index (χ1) is 9.61. The molecule has 0 saturated carbocycles. The van der Waals surface area contributed by atoms with Crippen molar-refractivity contribution in [2.75, 3.05) is 12.4 Å². The first kappa shape index (κ1) is 13.7. The van der Waals surface area contributed by atoms with Gasteiger partial charge >= 0.3 is 6.03 Å². The minimum absolute atomic E-state index is 0.124.